The molecule has 1 aliphatic heterocycles. The van der Waals surface area contributed by atoms with Gasteiger partial charge >= 0.3 is 0 Å². The van der Waals surface area contributed by atoms with Crippen molar-refractivity contribution in [1.29, 1.82) is 0 Å². The largest absolute Gasteiger partial charge is 0.545 e. The number of carboxylic acid groups (broad SMARTS) is 1. The predicted octanol–water partition coefficient (Wildman–Crippen LogP) is 1.07. The molecular formula is C20H25ClN2O3. The number of aliphatic hydroxyl groups is 1. The first-order valence-corrected chi connectivity index (χ1v) is 9.12. The van der Waals surface area contributed by atoms with Gasteiger partial charge in [0.15, 0.2) is 0 Å². The van der Waals surface area contributed by atoms with E-state index in [2.05, 4.69) is 6.92 Å². The van der Waals surface area contributed by atoms with Crippen molar-refractivity contribution in [1.82, 2.24) is 0 Å². The number of hydrogen-bond acceptors (Lipinski definition) is 4. The Bertz CT molecular complexity index is 718. The van der Waals surface area contributed by atoms with E-state index in [1.165, 1.54) is 44.1 Å². The van der Waals surface area contributed by atoms with E-state index in [4.69, 9.17) is 17.3 Å². The van der Waals surface area contributed by atoms with Crippen molar-refractivity contribution >= 4 is 23.3 Å². The van der Waals surface area contributed by atoms with Crippen LogP contribution in [0.1, 0.15) is 41.8 Å². The van der Waals surface area contributed by atoms with E-state index >= 15 is 0 Å². The van der Waals surface area contributed by atoms with Crippen molar-refractivity contribution in [2.24, 2.45) is 0 Å². The van der Waals surface area contributed by atoms with E-state index in [1.807, 2.05) is 30.3 Å². The van der Waals surface area contributed by atoms with Crippen LogP contribution in [0.25, 0.3) is 0 Å². The maximum Gasteiger partial charge on any atom is 0.130 e. The van der Waals surface area contributed by atoms with Gasteiger partial charge in [0.2, 0.25) is 0 Å². The number of likely N-dealkylation sites (tertiary alicyclic amines) is 1. The number of rotatable bonds is 4. The first-order chi connectivity index (χ1) is 12.4. The molecule has 0 amide bonds. The lowest BCUT2D eigenvalue weighted by Gasteiger charge is -2.25. The average Bonchev–Trinajstić information content (AvgIpc) is 3.18. The van der Waals surface area contributed by atoms with Crippen LogP contribution in [0.4, 0.5) is 5.69 Å². The van der Waals surface area contributed by atoms with Gasteiger partial charge < -0.3 is 25.6 Å². The molecule has 1 fully saturated rings. The van der Waals surface area contributed by atoms with E-state index in [-0.39, 0.29) is 17.4 Å². The molecule has 1 aliphatic rings. The van der Waals surface area contributed by atoms with Crippen molar-refractivity contribution in [3.8, 4) is 0 Å². The molecule has 0 spiro atoms. The molecule has 2 aromatic rings. The van der Waals surface area contributed by atoms with Crippen molar-refractivity contribution in [3.63, 3.8) is 0 Å². The summed E-state index contributed by atoms with van der Waals surface area (Å²) in [6.07, 6.45) is 2.29. The highest BCUT2D eigenvalue weighted by Gasteiger charge is 2.28. The number of carbonyl (C=O) groups is 1. The monoisotopic (exact) mass is 376 g/mol. The van der Waals surface area contributed by atoms with E-state index in [1.54, 1.807) is 4.90 Å². The third-order valence-corrected chi connectivity index (χ3v) is 4.97. The highest BCUT2D eigenvalue weighted by atomic mass is 35.5. The number of aliphatic hydroxyl groups excluding tert-OH is 1. The maximum atomic E-state index is 10.3. The van der Waals surface area contributed by atoms with Gasteiger partial charge in [-0.15, -0.1) is 0 Å². The van der Waals surface area contributed by atoms with Crippen LogP contribution < -0.4 is 15.7 Å². The molecule has 26 heavy (non-hydrogen) atoms. The molecular weight excluding hydrogens is 352 g/mol. The summed E-state index contributed by atoms with van der Waals surface area (Å²) in [5.74, 6) is -1.31. The zero-order chi connectivity index (χ0) is 19.1. The summed E-state index contributed by atoms with van der Waals surface area (Å²) in [6.45, 7) is 4.58. The molecule has 0 aliphatic carbocycles. The van der Waals surface area contributed by atoms with Crippen molar-refractivity contribution in [2.45, 2.75) is 31.9 Å². The molecule has 0 radical (unpaired) electrons. The third kappa shape index (κ3) is 5.46. The summed E-state index contributed by atoms with van der Waals surface area (Å²) < 4.78 is 0. The lowest BCUT2D eigenvalue weighted by molar-refractivity contribution is -0.916. The molecule has 6 heteroatoms. The Morgan fingerprint density at radius 1 is 1.19 bits per heavy atom. The van der Waals surface area contributed by atoms with Gasteiger partial charge in [-0.05, 0) is 30.7 Å². The molecule has 3 rings (SSSR count). The van der Waals surface area contributed by atoms with Crippen molar-refractivity contribution < 1.29 is 19.9 Å². The van der Waals surface area contributed by atoms with Gasteiger partial charge in [0, 0.05) is 29.1 Å². The minimum absolute atomic E-state index is 0.0718. The third-order valence-electron chi connectivity index (χ3n) is 4.74. The number of quaternary nitrogens is 1. The lowest BCUT2D eigenvalue weighted by Crippen LogP contribution is -3.14. The van der Waals surface area contributed by atoms with Gasteiger partial charge in [-0.1, -0.05) is 41.9 Å². The Hall–Kier alpha value is -2.08. The minimum atomic E-state index is -1.31. The van der Waals surface area contributed by atoms with E-state index in [0.717, 1.165) is 5.56 Å². The fraction of sp³-hybridized carbons (Fsp3) is 0.350. The predicted molar refractivity (Wildman–Crippen MR) is 101 cm³/mol. The highest BCUT2D eigenvalue weighted by Crippen LogP contribution is 2.17. The molecule has 2 aromatic carbocycles. The summed E-state index contributed by atoms with van der Waals surface area (Å²) in [4.78, 5) is 11.9. The van der Waals surface area contributed by atoms with Gasteiger partial charge in [-0.25, -0.2) is 0 Å². The Morgan fingerprint density at radius 3 is 2.35 bits per heavy atom. The van der Waals surface area contributed by atoms with Gasteiger partial charge in [0.25, 0.3) is 0 Å². The summed E-state index contributed by atoms with van der Waals surface area (Å²) in [5.41, 5.74) is 6.45. The number of nitrogens with two attached hydrogens (primary N) is 1. The number of nitrogens with one attached hydrogen (secondary N) is 1. The van der Waals surface area contributed by atoms with Crippen LogP contribution in [-0.2, 0) is 0 Å². The molecule has 4 N–H and O–H groups in total. The summed E-state index contributed by atoms with van der Waals surface area (Å²) in [7, 11) is 0. The number of anilines is 1. The second-order valence-electron chi connectivity index (χ2n) is 6.53. The fourth-order valence-corrected chi connectivity index (χ4v) is 3.32. The van der Waals surface area contributed by atoms with Gasteiger partial charge in [0.05, 0.1) is 19.1 Å². The smallest absolute Gasteiger partial charge is 0.130 e. The summed E-state index contributed by atoms with van der Waals surface area (Å²) >= 11 is 5.51. The number of benzene rings is 2. The SMILES string of the molecule is C[C@@H]([C@H](O)c1ccccc1)[NH+]1CCCC1.Nc1ccc(Cl)cc1C(=O)[O-]. The highest BCUT2D eigenvalue weighted by molar-refractivity contribution is 6.31. The summed E-state index contributed by atoms with van der Waals surface area (Å²) in [6, 6.07) is 14.5. The molecule has 0 unspecified atom stereocenters. The number of aromatic carboxylic acids is 1. The zero-order valence-corrected chi connectivity index (χ0v) is 15.6. The molecule has 2 atom stereocenters. The Kier molecular flexibility index (Phi) is 7.45. The van der Waals surface area contributed by atoms with Gasteiger partial charge in [-0.2, -0.15) is 0 Å². The number of nitrogen functional groups attached to an aromatic ring is 1. The van der Waals surface area contributed by atoms with E-state index in [0.29, 0.717) is 11.1 Å². The van der Waals surface area contributed by atoms with Crippen LogP contribution >= 0.6 is 11.6 Å². The van der Waals surface area contributed by atoms with Crippen LogP contribution in [0, 0.1) is 0 Å². The van der Waals surface area contributed by atoms with Crippen LogP contribution in [-0.4, -0.2) is 30.2 Å². The van der Waals surface area contributed by atoms with Crippen molar-refractivity contribution in [2.75, 3.05) is 18.8 Å². The van der Waals surface area contributed by atoms with Gasteiger partial charge in [-0.3, -0.25) is 0 Å². The Labute approximate surface area is 159 Å². The molecule has 1 heterocycles. The summed E-state index contributed by atoms with van der Waals surface area (Å²) in [5, 5.41) is 20.9. The molecule has 0 bridgehead atoms. The molecule has 1 saturated heterocycles. The van der Waals surface area contributed by atoms with Crippen LogP contribution in [0.3, 0.4) is 0 Å². The lowest BCUT2D eigenvalue weighted by atomic mass is 10.0. The molecule has 0 saturated carbocycles. The van der Waals surface area contributed by atoms with Crippen LogP contribution in [0.2, 0.25) is 5.02 Å². The number of carbonyl (C=O) groups excluding carboxylic acids is 1. The minimum Gasteiger partial charge on any atom is -0.545 e. The quantitative estimate of drug-likeness (QED) is 0.696. The number of halogens is 1. The Balaban J connectivity index is 0.000000197. The normalized spacial score (nSPS) is 16.4. The average molecular weight is 377 g/mol. The standard InChI is InChI=1S/C13H19NO.C7H6ClNO2/c1-11(14-9-5-6-10-14)13(15)12-7-3-2-4-8-12;8-4-1-2-6(9)5(3-4)7(10)11/h2-4,7-8,11,13,15H,5-6,9-10H2,1H3;1-3H,9H2,(H,10,11)/t11-,13-;/m0./s1. The van der Waals surface area contributed by atoms with Crippen LogP contribution in [0.5, 0.6) is 0 Å². The second kappa shape index (κ2) is 9.57. The molecule has 0 aromatic heterocycles. The van der Waals surface area contributed by atoms with Crippen LogP contribution in [0.15, 0.2) is 48.5 Å². The van der Waals surface area contributed by atoms with E-state index in [9.17, 15) is 15.0 Å². The number of hydrogen-bond donors (Lipinski definition) is 3. The Morgan fingerprint density at radius 2 is 1.81 bits per heavy atom. The fourth-order valence-electron chi connectivity index (χ4n) is 3.15. The first-order valence-electron chi connectivity index (χ1n) is 8.74. The van der Waals surface area contributed by atoms with Gasteiger partial charge in [0.1, 0.15) is 12.1 Å². The van der Waals surface area contributed by atoms with Crippen molar-refractivity contribution in [3.05, 3.63) is 64.7 Å². The molecule has 5 nitrogen and oxygen atoms in total. The second-order valence-corrected chi connectivity index (χ2v) is 6.97. The zero-order valence-electron chi connectivity index (χ0n) is 14.8. The first kappa shape index (κ1) is 20.2. The number of carboxylic acids is 1. The topological polar surface area (TPSA) is 90.8 Å². The van der Waals surface area contributed by atoms with E-state index < -0.39 is 5.97 Å². The maximum absolute atomic E-state index is 10.3. The molecule has 140 valence electrons.